The van der Waals surface area contributed by atoms with Gasteiger partial charge in [0.15, 0.2) is 8.32 Å². The van der Waals surface area contributed by atoms with E-state index in [4.69, 9.17) is 49.4 Å². The van der Waals surface area contributed by atoms with Crippen LogP contribution in [0.25, 0.3) is 0 Å². The standard InChI is InChI=1S/C12H20Cl3NO2Si/c1-5-7-10(18-11(16)12(13,14)15)8-6-9-17-19(2,3)4/h5-6,8,10,16H,1,7,9H2,2-4H3/b8-6-,16-11?/t10-/m0/s1. The first-order valence-electron chi connectivity index (χ1n) is 5.80. The highest BCUT2D eigenvalue weighted by atomic mass is 35.6. The van der Waals surface area contributed by atoms with Gasteiger partial charge in [-0.05, 0) is 25.7 Å². The van der Waals surface area contributed by atoms with Crippen LogP contribution in [0.15, 0.2) is 24.8 Å². The Bertz CT molecular complexity index is 335. The second-order valence-corrected chi connectivity index (χ2v) is 11.7. The van der Waals surface area contributed by atoms with Gasteiger partial charge in [0.1, 0.15) is 6.10 Å². The SMILES string of the molecule is C=CC[C@@H](/C=C\CO[Si](C)(C)C)OC(=N)C(Cl)(Cl)Cl. The van der Waals surface area contributed by atoms with E-state index in [1.807, 2.05) is 6.08 Å². The van der Waals surface area contributed by atoms with E-state index in [1.54, 1.807) is 12.2 Å². The number of ether oxygens (including phenoxy) is 1. The van der Waals surface area contributed by atoms with Crippen LogP contribution in [0.4, 0.5) is 0 Å². The van der Waals surface area contributed by atoms with Crippen molar-refractivity contribution in [3.63, 3.8) is 0 Å². The van der Waals surface area contributed by atoms with Crippen molar-refractivity contribution < 1.29 is 9.16 Å². The first-order chi connectivity index (χ1) is 8.56. The Kier molecular flexibility index (Phi) is 8.32. The molecule has 0 radical (unpaired) electrons. The van der Waals surface area contributed by atoms with Crippen LogP contribution in [0.5, 0.6) is 0 Å². The zero-order valence-corrected chi connectivity index (χ0v) is 14.6. The molecule has 0 rings (SSSR count). The first kappa shape index (κ1) is 19.0. The molecule has 0 aliphatic carbocycles. The molecule has 3 nitrogen and oxygen atoms in total. The van der Waals surface area contributed by atoms with E-state index in [9.17, 15) is 0 Å². The minimum atomic E-state index is -1.85. The lowest BCUT2D eigenvalue weighted by Crippen LogP contribution is -2.27. The van der Waals surface area contributed by atoms with Gasteiger partial charge in [-0.1, -0.05) is 47.0 Å². The average Bonchev–Trinajstić information content (AvgIpc) is 2.21. The molecule has 1 atom stereocenters. The van der Waals surface area contributed by atoms with Crippen molar-refractivity contribution in [2.45, 2.75) is 36.0 Å². The van der Waals surface area contributed by atoms with Crippen molar-refractivity contribution >= 4 is 49.0 Å². The molecule has 0 amide bonds. The number of hydrogen-bond acceptors (Lipinski definition) is 3. The molecule has 19 heavy (non-hydrogen) atoms. The summed E-state index contributed by atoms with van der Waals surface area (Å²) < 4.78 is 9.10. The topological polar surface area (TPSA) is 42.3 Å². The minimum Gasteiger partial charge on any atom is -0.470 e. The lowest BCUT2D eigenvalue weighted by Gasteiger charge is -2.19. The van der Waals surface area contributed by atoms with Crippen LogP contribution in [-0.2, 0) is 9.16 Å². The summed E-state index contributed by atoms with van der Waals surface area (Å²) in [5.74, 6) is -0.403. The van der Waals surface area contributed by atoms with E-state index in [2.05, 4.69) is 26.2 Å². The minimum absolute atomic E-state index is 0.383. The lowest BCUT2D eigenvalue weighted by molar-refractivity contribution is 0.231. The van der Waals surface area contributed by atoms with Gasteiger partial charge in [0.05, 0.1) is 6.61 Å². The number of halogens is 3. The average molecular weight is 345 g/mol. The van der Waals surface area contributed by atoms with Crippen LogP contribution < -0.4 is 0 Å². The number of alkyl halides is 3. The second-order valence-electron chi connectivity index (χ2n) is 4.86. The van der Waals surface area contributed by atoms with E-state index < -0.39 is 18.0 Å². The quantitative estimate of drug-likeness (QED) is 0.239. The third-order valence-electron chi connectivity index (χ3n) is 1.89. The van der Waals surface area contributed by atoms with Crippen molar-refractivity contribution in [3.8, 4) is 0 Å². The summed E-state index contributed by atoms with van der Waals surface area (Å²) in [7, 11) is -1.53. The summed E-state index contributed by atoms with van der Waals surface area (Å²) in [6.45, 7) is 10.5. The van der Waals surface area contributed by atoms with Crippen LogP contribution >= 0.6 is 34.8 Å². The molecule has 0 saturated carbocycles. The van der Waals surface area contributed by atoms with Gasteiger partial charge >= 0.3 is 0 Å². The van der Waals surface area contributed by atoms with Crippen molar-refractivity contribution in [3.05, 3.63) is 24.8 Å². The predicted molar refractivity (Wildman–Crippen MR) is 86.1 cm³/mol. The van der Waals surface area contributed by atoms with Gasteiger partial charge in [-0.25, -0.2) is 0 Å². The molecule has 0 heterocycles. The van der Waals surface area contributed by atoms with Crippen LogP contribution in [0.2, 0.25) is 19.6 Å². The Labute approximate surface area is 131 Å². The molecular formula is C12H20Cl3NO2Si. The third kappa shape index (κ3) is 10.4. The molecule has 7 heteroatoms. The van der Waals surface area contributed by atoms with Crippen LogP contribution in [-0.4, -0.2) is 30.7 Å². The van der Waals surface area contributed by atoms with Gasteiger partial charge in [-0.3, -0.25) is 5.41 Å². The smallest absolute Gasteiger partial charge is 0.265 e. The largest absolute Gasteiger partial charge is 0.470 e. The fraction of sp³-hybridized carbons (Fsp3) is 0.583. The molecule has 0 aliphatic heterocycles. The molecule has 0 spiro atoms. The van der Waals surface area contributed by atoms with Gasteiger partial charge in [-0.15, -0.1) is 6.58 Å². The Morgan fingerprint density at radius 2 is 1.95 bits per heavy atom. The van der Waals surface area contributed by atoms with E-state index in [0.717, 1.165) is 0 Å². The molecular weight excluding hydrogens is 325 g/mol. The van der Waals surface area contributed by atoms with Crippen LogP contribution in [0.1, 0.15) is 6.42 Å². The summed E-state index contributed by atoms with van der Waals surface area (Å²) >= 11 is 16.7. The molecule has 0 aliphatic rings. The van der Waals surface area contributed by atoms with Crippen molar-refractivity contribution in [1.29, 1.82) is 5.41 Å². The summed E-state index contributed by atoms with van der Waals surface area (Å²) in [6, 6.07) is 0. The molecule has 0 aromatic heterocycles. The maximum atomic E-state index is 7.52. The van der Waals surface area contributed by atoms with Crippen LogP contribution in [0.3, 0.4) is 0 Å². The van der Waals surface area contributed by atoms with Crippen LogP contribution in [0, 0.1) is 5.41 Å². The zero-order chi connectivity index (χ0) is 15.1. The highest BCUT2D eigenvalue weighted by Gasteiger charge is 2.30. The molecule has 0 bridgehead atoms. The van der Waals surface area contributed by atoms with Gasteiger partial charge in [0, 0.05) is 6.42 Å². The van der Waals surface area contributed by atoms with Crippen molar-refractivity contribution in [2.75, 3.05) is 6.61 Å². The maximum Gasteiger partial charge on any atom is 0.265 e. The highest BCUT2D eigenvalue weighted by molar-refractivity contribution is 6.76. The van der Waals surface area contributed by atoms with Crippen molar-refractivity contribution in [1.82, 2.24) is 0 Å². The lowest BCUT2D eigenvalue weighted by atomic mass is 10.2. The van der Waals surface area contributed by atoms with Gasteiger partial charge in [0.2, 0.25) is 5.90 Å². The number of rotatable bonds is 7. The zero-order valence-electron chi connectivity index (χ0n) is 11.4. The van der Waals surface area contributed by atoms with E-state index >= 15 is 0 Å². The van der Waals surface area contributed by atoms with Crippen molar-refractivity contribution in [2.24, 2.45) is 0 Å². The fourth-order valence-corrected chi connectivity index (χ4v) is 1.78. The first-order valence-corrected chi connectivity index (χ1v) is 10.3. The van der Waals surface area contributed by atoms with E-state index in [-0.39, 0.29) is 6.10 Å². The Balaban J connectivity index is 4.38. The Morgan fingerprint density at radius 1 is 1.37 bits per heavy atom. The number of hydrogen-bond donors (Lipinski definition) is 1. The third-order valence-corrected chi connectivity index (χ3v) is 3.44. The van der Waals surface area contributed by atoms with Gasteiger partial charge < -0.3 is 9.16 Å². The monoisotopic (exact) mass is 343 g/mol. The number of nitrogens with one attached hydrogen (secondary N) is 1. The normalized spacial score (nSPS) is 14.4. The highest BCUT2D eigenvalue weighted by Crippen LogP contribution is 2.28. The van der Waals surface area contributed by atoms with E-state index in [0.29, 0.717) is 13.0 Å². The molecule has 110 valence electrons. The molecule has 1 N–H and O–H groups in total. The molecule has 0 aromatic rings. The predicted octanol–water partition coefficient (Wildman–Crippen LogP) is 4.70. The summed E-state index contributed by atoms with van der Waals surface area (Å²) in [5, 5.41) is 7.52. The Morgan fingerprint density at radius 3 is 2.37 bits per heavy atom. The molecule has 0 saturated heterocycles. The van der Waals surface area contributed by atoms with E-state index in [1.165, 1.54) is 0 Å². The summed E-state index contributed by atoms with van der Waals surface area (Å²) in [6.07, 6.45) is 5.45. The second kappa shape index (κ2) is 8.32. The van der Waals surface area contributed by atoms with Gasteiger partial charge in [0.25, 0.3) is 3.79 Å². The maximum absolute atomic E-state index is 7.52. The molecule has 0 aromatic carbocycles. The molecule has 0 fully saturated rings. The fourth-order valence-electron chi connectivity index (χ4n) is 1.05. The molecule has 0 unspecified atom stereocenters. The summed E-state index contributed by atoms with van der Waals surface area (Å²) in [4.78, 5) is 0. The Hall–Kier alpha value is -0.00312. The summed E-state index contributed by atoms with van der Waals surface area (Å²) in [5.41, 5.74) is 0. The van der Waals surface area contributed by atoms with Gasteiger partial charge in [-0.2, -0.15) is 0 Å².